The SMILES string of the molecule is CCN(CC)CC(C)(C)c1ccccc1N. The Morgan fingerprint density at radius 2 is 1.69 bits per heavy atom. The van der Waals surface area contributed by atoms with Crippen molar-refractivity contribution in [2.45, 2.75) is 33.1 Å². The Morgan fingerprint density at radius 3 is 2.19 bits per heavy atom. The average Bonchev–Trinajstić information content (AvgIpc) is 2.26. The number of hydrogen-bond acceptors (Lipinski definition) is 2. The van der Waals surface area contributed by atoms with E-state index in [0.717, 1.165) is 25.3 Å². The summed E-state index contributed by atoms with van der Waals surface area (Å²) in [5.41, 5.74) is 8.31. The van der Waals surface area contributed by atoms with Gasteiger partial charge in [0.05, 0.1) is 0 Å². The number of para-hydroxylation sites is 1. The van der Waals surface area contributed by atoms with Gasteiger partial charge in [-0.05, 0) is 24.7 Å². The van der Waals surface area contributed by atoms with E-state index in [1.54, 1.807) is 0 Å². The third-order valence-corrected chi connectivity index (χ3v) is 3.20. The minimum Gasteiger partial charge on any atom is -0.398 e. The number of nitrogens with zero attached hydrogens (tertiary/aromatic N) is 1. The molecule has 0 bridgehead atoms. The van der Waals surface area contributed by atoms with E-state index in [2.05, 4.69) is 44.7 Å². The first-order valence-corrected chi connectivity index (χ1v) is 6.08. The van der Waals surface area contributed by atoms with Crippen molar-refractivity contribution < 1.29 is 0 Å². The fraction of sp³-hybridized carbons (Fsp3) is 0.571. The van der Waals surface area contributed by atoms with Crippen LogP contribution in [0.4, 0.5) is 5.69 Å². The molecule has 1 aromatic carbocycles. The second-order valence-electron chi connectivity index (χ2n) is 4.93. The van der Waals surface area contributed by atoms with Crippen LogP contribution in [0, 0.1) is 0 Å². The zero-order valence-corrected chi connectivity index (χ0v) is 11.0. The molecule has 90 valence electrons. The summed E-state index contributed by atoms with van der Waals surface area (Å²) in [5, 5.41) is 0. The lowest BCUT2D eigenvalue weighted by Crippen LogP contribution is -2.37. The highest BCUT2D eigenvalue weighted by atomic mass is 15.1. The largest absolute Gasteiger partial charge is 0.398 e. The van der Waals surface area contributed by atoms with Crippen molar-refractivity contribution in [1.29, 1.82) is 0 Å². The van der Waals surface area contributed by atoms with Gasteiger partial charge in [0, 0.05) is 17.6 Å². The molecule has 2 heteroatoms. The van der Waals surface area contributed by atoms with Gasteiger partial charge < -0.3 is 10.6 Å². The molecule has 2 N–H and O–H groups in total. The molecule has 2 nitrogen and oxygen atoms in total. The van der Waals surface area contributed by atoms with E-state index in [0.29, 0.717) is 0 Å². The van der Waals surface area contributed by atoms with Gasteiger partial charge in [0.25, 0.3) is 0 Å². The van der Waals surface area contributed by atoms with Crippen molar-refractivity contribution in [3.63, 3.8) is 0 Å². The second-order valence-corrected chi connectivity index (χ2v) is 4.93. The second kappa shape index (κ2) is 5.35. The van der Waals surface area contributed by atoms with Crippen LogP contribution in [-0.2, 0) is 5.41 Å². The van der Waals surface area contributed by atoms with E-state index in [1.807, 2.05) is 12.1 Å². The van der Waals surface area contributed by atoms with Crippen LogP contribution < -0.4 is 5.73 Å². The summed E-state index contributed by atoms with van der Waals surface area (Å²) in [7, 11) is 0. The lowest BCUT2D eigenvalue weighted by Gasteiger charge is -2.32. The number of rotatable bonds is 5. The normalized spacial score (nSPS) is 12.1. The van der Waals surface area contributed by atoms with Crippen LogP contribution in [-0.4, -0.2) is 24.5 Å². The molecule has 0 aromatic heterocycles. The molecule has 0 fully saturated rings. The summed E-state index contributed by atoms with van der Waals surface area (Å²) in [6, 6.07) is 8.18. The Labute approximate surface area is 99.5 Å². The average molecular weight is 220 g/mol. The van der Waals surface area contributed by atoms with Crippen LogP contribution in [0.15, 0.2) is 24.3 Å². The molecule has 16 heavy (non-hydrogen) atoms. The van der Waals surface area contributed by atoms with Gasteiger partial charge in [0.1, 0.15) is 0 Å². The fourth-order valence-corrected chi connectivity index (χ4v) is 2.20. The van der Waals surface area contributed by atoms with Crippen LogP contribution in [0.25, 0.3) is 0 Å². The first-order valence-electron chi connectivity index (χ1n) is 6.08. The van der Waals surface area contributed by atoms with Crippen LogP contribution in [0.5, 0.6) is 0 Å². The standard InChI is InChI=1S/C14H24N2/c1-5-16(6-2)11-14(3,4)12-9-7-8-10-13(12)15/h7-10H,5-6,11,15H2,1-4H3. The quantitative estimate of drug-likeness (QED) is 0.773. The van der Waals surface area contributed by atoms with Crippen molar-refractivity contribution in [2.75, 3.05) is 25.4 Å². The van der Waals surface area contributed by atoms with E-state index in [1.165, 1.54) is 5.56 Å². The smallest absolute Gasteiger partial charge is 0.0352 e. The Balaban J connectivity index is 2.89. The number of hydrogen-bond donors (Lipinski definition) is 1. The van der Waals surface area contributed by atoms with Crippen molar-refractivity contribution in [1.82, 2.24) is 4.90 Å². The monoisotopic (exact) mass is 220 g/mol. The predicted octanol–water partition coefficient (Wildman–Crippen LogP) is 2.89. The van der Waals surface area contributed by atoms with Crippen LogP contribution in [0.1, 0.15) is 33.3 Å². The number of anilines is 1. The van der Waals surface area contributed by atoms with Gasteiger partial charge in [-0.2, -0.15) is 0 Å². The minimum atomic E-state index is 0.108. The highest BCUT2D eigenvalue weighted by Crippen LogP contribution is 2.28. The maximum Gasteiger partial charge on any atom is 0.0352 e. The molecule has 0 saturated heterocycles. The molecular formula is C14H24N2. The first kappa shape index (κ1) is 13.0. The van der Waals surface area contributed by atoms with Gasteiger partial charge in [-0.3, -0.25) is 0 Å². The predicted molar refractivity (Wildman–Crippen MR) is 71.7 cm³/mol. The van der Waals surface area contributed by atoms with E-state index in [4.69, 9.17) is 5.73 Å². The number of nitrogen functional groups attached to an aromatic ring is 1. The van der Waals surface area contributed by atoms with Crippen LogP contribution in [0.2, 0.25) is 0 Å². The molecule has 0 aliphatic rings. The highest BCUT2D eigenvalue weighted by Gasteiger charge is 2.24. The molecule has 0 spiro atoms. The fourth-order valence-electron chi connectivity index (χ4n) is 2.20. The van der Waals surface area contributed by atoms with Crippen molar-refractivity contribution in [3.05, 3.63) is 29.8 Å². The topological polar surface area (TPSA) is 29.3 Å². The first-order chi connectivity index (χ1) is 7.51. The Morgan fingerprint density at radius 1 is 1.12 bits per heavy atom. The minimum absolute atomic E-state index is 0.108. The van der Waals surface area contributed by atoms with Gasteiger partial charge in [0.2, 0.25) is 0 Å². The Bertz CT molecular complexity index is 327. The van der Waals surface area contributed by atoms with Crippen LogP contribution in [0.3, 0.4) is 0 Å². The lowest BCUT2D eigenvalue weighted by molar-refractivity contribution is 0.245. The van der Waals surface area contributed by atoms with Gasteiger partial charge in [0.15, 0.2) is 0 Å². The molecule has 0 atom stereocenters. The molecule has 0 aliphatic carbocycles. The molecule has 1 aromatic rings. The third-order valence-electron chi connectivity index (χ3n) is 3.20. The van der Waals surface area contributed by atoms with Gasteiger partial charge in [-0.1, -0.05) is 45.9 Å². The molecule has 0 aliphatic heterocycles. The zero-order chi connectivity index (χ0) is 12.2. The Kier molecular flexibility index (Phi) is 4.36. The van der Waals surface area contributed by atoms with Crippen molar-refractivity contribution in [3.8, 4) is 0 Å². The summed E-state index contributed by atoms with van der Waals surface area (Å²) in [4.78, 5) is 2.44. The lowest BCUT2D eigenvalue weighted by atomic mass is 9.83. The zero-order valence-electron chi connectivity index (χ0n) is 11.0. The maximum absolute atomic E-state index is 6.05. The molecule has 0 heterocycles. The van der Waals surface area contributed by atoms with E-state index < -0.39 is 0 Å². The maximum atomic E-state index is 6.05. The summed E-state index contributed by atoms with van der Waals surface area (Å²) in [5.74, 6) is 0. The van der Waals surface area contributed by atoms with Gasteiger partial charge in [-0.25, -0.2) is 0 Å². The summed E-state index contributed by atoms with van der Waals surface area (Å²) in [6.45, 7) is 12.2. The summed E-state index contributed by atoms with van der Waals surface area (Å²) < 4.78 is 0. The van der Waals surface area contributed by atoms with E-state index in [9.17, 15) is 0 Å². The molecular weight excluding hydrogens is 196 g/mol. The van der Waals surface area contributed by atoms with Crippen molar-refractivity contribution in [2.24, 2.45) is 0 Å². The third kappa shape index (κ3) is 2.99. The number of nitrogens with two attached hydrogens (primary N) is 1. The highest BCUT2D eigenvalue weighted by molar-refractivity contribution is 5.50. The number of likely N-dealkylation sites (N-methyl/N-ethyl adjacent to an activating group) is 1. The Hall–Kier alpha value is -1.02. The summed E-state index contributed by atoms with van der Waals surface area (Å²) >= 11 is 0. The van der Waals surface area contributed by atoms with Gasteiger partial charge >= 0.3 is 0 Å². The van der Waals surface area contributed by atoms with E-state index in [-0.39, 0.29) is 5.41 Å². The molecule has 0 saturated carbocycles. The number of benzene rings is 1. The van der Waals surface area contributed by atoms with Crippen molar-refractivity contribution >= 4 is 5.69 Å². The van der Waals surface area contributed by atoms with Crippen LogP contribution >= 0.6 is 0 Å². The van der Waals surface area contributed by atoms with Gasteiger partial charge in [-0.15, -0.1) is 0 Å². The summed E-state index contributed by atoms with van der Waals surface area (Å²) in [6.07, 6.45) is 0. The molecule has 0 unspecified atom stereocenters. The molecule has 0 amide bonds. The molecule has 0 radical (unpaired) electrons. The van der Waals surface area contributed by atoms with E-state index >= 15 is 0 Å². The molecule has 1 rings (SSSR count).